The van der Waals surface area contributed by atoms with Gasteiger partial charge in [0.2, 0.25) is 0 Å². The molecule has 27 heavy (non-hydrogen) atoms. The molecule has 0 radical (unpaired) electrons. The molecule has 0 aromatic carbocycles. The maximum atomic E-state index is 12.9. The van der Waals surface area contributed by atoms with E-state index >= 15 is 0 Å². The van der Waals surface area contributed by atoms with E-state index in [4.69, 9.17) is 0 Å². The molecule has 0 heterocycles. The summed E-state index contributed by atoms with van der Waals surface area (Å²) in [5, 5.41) is 1.36. The molecule has 1 rings (SSSR count). The number of carbonyl (C=O) groups excluding carboxylic acids is 1. The first-order valence-corrected chi connectivity index (χ1v) is 13.9. The van der Waals surface area contributed by atoms with E-state index in [1.165, 1.54) is 69.5 Å². The van der Waals surface area contributed by atoms with Crippen molar-refractivity contribution in [2.75, 3.05) is 0 Å². The van der Waals surface area contributed by atoms with Gasteiger partial charge in [0.25, 0.3) is 0 Å². The molecule has 0 saturated heterocycles. The van der Waals surface area contributed by atoms with Crippen molar-refractivity contribution in [2.24, 2.45) is 17.3 Å². The molecular weight excluding hydrogens is 395 g/mol. The van der Waals surface area contributed by atoms with Gasteiger partial charge in [0.05, 0.1) is 0 Å². The zero-order valence-electron chi connectivity index (χ0n) is 18.9. The minimum atomic E-state index is 0.133. The first-order chi connectivity index (χ1) is 12.9. The number of unbranched alkanes of at least 4 members (excludes halogenated alkanes) is 9. The Bertz CT molecular complexity index is 426. The summed E-state index contributed by atoms with van der Waals surface area (Å²) in [6.45, 7) is 11.4. The number of carbonyl (C=O) groups is 1. The normalized spacial score (nSPS) is 22.7. The number of hydrogen-bond donors (Lipinski definition) is 0. The number of allylic oxidation sites excluding steroid dienone is 2. The van der Waals surface area contributed by atoms with Gasteiger partial charge in [-0.2, -0.15) is 0 Å². The fourth-order valence-corrected chi connectivity index (χ4v) is 6.82. The number of hydrogen-bond acceptors (Lipinski definition) is 1. The predicted molar refractivity (Wildman–Crippen MR) is 122 cm³/mol. The molecular formula is C25H46OSe. The molecule has 0 N–H and O–H groups in total. The zero-order chi connectivity index (χ0) is 20.1. The molecule has 3 unspecified atom stereocenters. The Balaban J connectivity index is 2.08. The van der Waals surface area contributed by atoms with Gasteiger partial charge in [0, 0.05) is 0 Å². The average molecular weight is 442 g/mol. The summed E-state index contributed by atoms with van der Waals surface area (Å²) in [5.74, 6) is 1.15. The maximum absolute atomic E-state index is 12.9. The summed E-state index contributed by atoms with van der Waals surface area (Å²) in [6, 6.07) is 0. The van der Waals surface area contributed by atoms with Crippen molar-refractivity contribution >= 4 is 20.7 Å². The van der Waals surface area contributed by atoms with Crippen LogP contribution in [0.5, 0.6) is 0 Å². The van der Waals surface area contributed by atoms with Crippen LogP contribution >= 0.6 is 0 Å². The first kappa shape index (κ1) is 25.0. The van der Waals surface area contributed by atoms with Crippen molar-refractivity contribution in [3.63, 3.8) is 0 Å². The van der Waals surface area contributed by atoms with E-state index in [1.807, 2.05) is 0 Å². The quantitative estimate of drug-likeness (QED) is 0.143. The van der Waals surface area contributed by atoms with E-state index < -0.39 is 0 Å². The van der Waals surface area contributed by atoms with Crippen LogP contribution in [0.15, 0.2) is 12.2 Å². The van der Waals surface area contributed by atoms with Crippen LogP contribution in [0.25, 0.3) is 0 Å². The molecule has 0 amide bonds. The molecule has 0 aliphatic heterocycles. The topological polar surface area (TPSA) is 17.1 Å². The fourth-order valence-electron chi connectivity index (χ4n) is 4.61. The van der Waals surface area contributed by atoms with Gasteiger partial charge in [-0.05, 0) is 0 Å². The van der Waals surface area contributed by atoms with Crippen molar-refractivity contribution in [1.82, 2.24) is 0 Å². The Hall–Kier alpha value is -0.0705. The minimum absolute atomic E-state index is 0.133. The summed E-state index contributed by atoms with van der Waals surface area (Å²) in [6.07, 6.45) is 20.5. The molecule has 1 aliphatic rings. The molecule has 0 saturated carbocycles. The third-order valence-corrected chi connectivity index (χ3v) is 8.83. The van der Waals surface area contributed by atoms with Crippen molar-refractivity contribution in [3.8, 4) is 0 Å². The van der Waals surface area contributed by atoms with Gasteiger partial charge in [0.15, 0.2) is 0 Å². The van der Waals surface area contributed by atoms with Gasteiger partial charge in [-0.15, -0.1) is 0 Å². The van der Waals surface area contributed by atoms with Crippen molar-refractivity contribution in [2.45, 2.75) is 122 Å². The average Bonchev–Trinajstić information content (AvgIpc) is 2.58. The molecule has 0 bridgehead atoms. The summed E-state index contributed by atoms with van der Waals surface area (Å²) in [4.78, 5) is 13.5. The summed E-state index contributed by atoms with van der Waals surface area (Å²) in [5.41, 5.74) is 0.133. The van der Waals surface area contributed by atoms with Gasteiger partial charge in [-0.25, -0.2) is 0 Å². The van der Waals surface area contributed by atoms with E-state index in [9.17, 15) is 4.79 Å². The van der Waals surface area contributed by atoms with Gasteiger partial charge < -0.3 is 0 Å². The van der Waals surface area contributed by atoms with E-state index in [1.54, 1.807) is 0 Å². The molecule has 0 spiro atoms. The molecule has 0 aromatic heterocycles. The van der Waals surface area contributed by atoms with E-state index in [0.29, 0.717) is 31.5 Å². The number of ketones is 1. The predicted octanol–water partition coefficient (Wildman–Crippen LogP) is 8.04. The molecule has 2 heteroatoms. The van der Waals surface area contributed by atoms with Crippen LogP contribution in [0.1, 0.15) is 112 Å². The van der Waals surface area contributed by atoms with Crippen LogP contribution in [-0.4, -0.2) is 20.7 Å². The van der Waals surface area contributed by atoms with Crippen molar-refractivity contribution < 1.29 is 4.79 Å². The molecule has 1 aliphatic carbocycles. The first-order valence-electron chi connectivity index (χ1n) is 11.7. The Morgan fingerprint density at radius 3 is 2.15 bits per heavy atom. The molecule has 0 fully saturated rings. The monoisotopic (exact) mass is 442 g/mol. The standard InChI is InChI=1S/C25H46OSe/c1-6-7-8-9-10-11-12-13-14-15-19-27-22(3)20-23(26)24-21(2)17-16-18-25(24,4)5/h16-17,21-22,24H,6-15,18-20H2,1-5H3. The SMILES string of the molecule is CCCCCCCCCCCC[Se]C(C)CC(=O)C1C(C)C=CCC1(C)C. The van der Waals surface area contributed by atoms with E-state index in [2.05, 4.69) is 46.8 Å². The van der Waals surface area contributed by atoms with Crippen LogP contribution in [0.3, 0.4) is 0 Å². The van der Waals surface area contributed by atoms with Crippen LogP contribution in [0, 0.1) is 17.3 Å². The van der Waals surface area contributed by atoms with Crippen LogP contribution in [-0.2, 0) is 4.79 Å². The van der Waals surface area contributed by atoms with Gasteiger partial charge in [0.1, 0.15) is 0 Å². The molecule has 1 nitrogen and oxygen atoms in total. The van der Waals surface area contributed by atoms with Crippen molar-refractivity contribution in [3.05, 3.63) is 12.2 Å². The van der Waals surface area contributed by atoms with E-state index in [0.717, 1.165) is 12.8 Å². The van der Waals surface area contributed by atoms with Crippen molar-refractivity contribution in [1.29, 1.82) is 0 Å². The Morgan fingerprint density at radius 1 is 1.04 bits per heavy atom. The van der Waals surface area contributed by atoms with E-state index in [-0.39, 0.29) is 11.3 Å². The fraction of sp³-hybridized carbons (Fsp3) is 0.880. The third kappa shape index (κ3) is 10.3. The Morgan fingerprint density at radius 2 is 1.59 bits per heavy atom. The van der Waals surface area contributed by atoms with Gasteiger partial charge in [-0.1, -0.05) is 0 Å². The summed E-state index contributed by atoms with van der Waals surface area (Å²) >= 11 is 0.633. The van der Waals surface area contributed by atoms with Gasteiger partial charge >= 0.3 is 177 Å². The molecule has 0 aromatic rings. The zero-order valence-corrected chi connectivity index (χ0v) is 20.6. The Kier molecular flexibility index (Phi) is 12.9. The summed E-state index contributed by atoms with van der Waals surface area (Å²) in [7, 11) is 0. The molecule has 158 valence electrons. The Labute approximate surface area is 176 Å². The second-order valence-electron chi connectivity index (χ2n) is 9.49. The second-order valence-corrected chi connectivity index (χ2v) is 12.7. The molecule has 3 atom stereocenters. The van der Waals surface area contributed by atoms with Crippen LogP contribution < -0.4 is 0 Å². The second kappa shape index (κ2) is 14.0. The number of rotatable bonds is 15. The third-order valence-electron chi connectivity index (χ3n) is 6.19. The van der Waals surface area contributed by atoms with Crippen LogP contribution in [0.4, 0.5) is 0 Å². The van der Waals surface area contributed by atoms with Gasteiger partial charge in [-0.3, -0.25) is 0 Å². The number of Topliss-reactive ketones (excluding diaryl/α,β-unsaturated/α-hetero) is 1. The summed E-state index contributed by atoms with van der Waals surface area (Å²) < 4.78 is 0. The van der Waals surface area contributed by atoms with Crippen LogP contribution in [0.2, 0.25) is 10.1 Å².